The van der Waals surface area contributed by atoms with E-state index in [1.54, 1.807) is 0 Å². The fraction of sp³-hybridized carbons (Fsp3) is 0.438. The molecule has 7 rings (SSSR count). The molecule has 0 bridgehead atoms. The smallest absolute Gasteiger partial charge is 0.340 e. The Morgan fingerprint density at radius 2 is 1.83 bits per heavy atom. The van der Waals surface area contributed by atoms with Gasteiger partial charge in [0.2, 0.25) is 0 Å². The van der Waals surface area contributed by atoms with Crippen LogP contribution >= 0.6 is 23.2 Å². The van der Waals surface area contributed by atoms with Gasteiger partial charge in [-0.15, -0.1) is 0 Å². The molecule has 3 fully saturated rings. The van der Waals surface area contributed by atoms with Gasteiger partial charge in [-0.3, -0.25) is 0 Å². The maximum absolute atomic E-state index is 12.4. The van der Waals surface area contributed by atoms with Crippen LogP contribution in [-0.2, 0) is 23.1 Å². The lowest BCUT2D eigenvalue weighted by Crippen LogP contribution is -2.23. The van der Waals surface area contributed by atoms with Crippen molar-refractivity contribution in [3.63, 3.8) is 0 Å². The van der Waals surface area contributed by atoms with Crippen LogP contribution in [0.2, 0.25) is 10.0 Å². The number of fused-ring (bicyclic) bond motifs is 2. The predicted octanol–water partition coefficient (Wildman–Crippen LogP) is 7.63. The third-order valence-electron chi connectivity index (χ3n) is 8.97. The summed E-state index contributed by atoms with van der Waals surface area (Å²) in [6.07, 6.45) is 6.35. The molecule has 1 saturated heterocycles. The number of rotatable bonds is 8. The van der Waals surface area contributed by atoms with Crippen LogP contribution in [0.4, 0.5) is 5.69 Å². The van der Waals surface area contributed by atoms with Gasteiger partial charge in [-0.2, -0.15) is 0 Å². The predicted molar refractivity (Wildman–Crippen MR) is 160 cm³/mol. The number of benzene rings is 2. The van der Waals surface area contributed by atoms with E-state index < -0.39 is 0 Å². The topological polar surface area (TPSA) is 69.7 Å². The SMILES string of the molecule is CCOC(=O)c1cn(C)c2cc(N3C[C@H]4C[C@H](OCc5c(-c6c(Cl)cccc6Cl)noc5C5CC5)C[C@H]4C3)ccc12. The molecule has 0 N–H and O–H groups in total. The maximum atomic E-state index is 12.4. The van der Waals surface area contributed by atoms with Crippen LogP contribution in [0.1, 0.15) is 60.2 Å². The first-order valence-electron chi connectivity index (χ1n) is 14.5. The van der Waals surface area contributed by atoms with E-state index in [0.717, 1.165) is 61.0 Å². The number of carbonyl (C=O) groups is 1. The fourth-order valence-electron chi connectivity index (χ4n) is 6.78. The Bertz CT molecular complexity index is 1590. The molecule has 41 heavy (non-hydrogen) atoms. The Labute approximate surface area is 249 Å². The summed E-state index contributed by atoms with van der Waals surface area (Å²) >= 11 is 13.1. The highest BCUT2D eigenvalue weighted by Crippen LogP contribution is 2.47. The number of aryl methyl sites for hydroxylation is 1. The summed E-state index contributed by atoms with van der Waals surface area (Å²) in [7, 11) is 1.98. The van der Waals surface area contributed by atoms with Gasteiger partial charge in [-0.05, 0) is 74.8 Å². The van der Waals surface area contributed by atoms with Gasteiger partial charge in [0.25, 0.3) is 0 Å². The molecule has 9 heteroatoms. The third kappa shape index (κ3) is 4.92. The lowest BCUT2D eigenvalue weighted by molar-refractivity contribution is 0.0403. The highest BCUT2D eigenvalue weighted by atomic mass is 35.5. The molecule has 3 aliphatic rings. The van der Waals surface area contributed by atoms with Crippen LogP contribution in [0.3, 0.4) is 0 Å². The standard InChI is InChI=1S/C32H33Cl2N3O4/c1-3-39-32(38)24-16-36(2)28-13-21(9-10-23(24)28)37-14-19-11-22(12-20(19)15-37)40-17-25-30(35-41-31(25)18-7-8-18)29-26(33)5-4-6-27(29)34/h4-6,9-10,13,16,18-20,22H,3,7-8,11-12,14-15,17H2,1-2H3/t19-,20+,22+. The van der Waals surface area contributed by atoms with Crippen molar-refractivity contribution in [1.29, 1.82) is 0 Å². The molecular formula is C32H33Cl2N3O4. The molecule has 2 aliphatic carbocycles. The first-order valence-corrected chi connectivity index (χ1v) is 15.2. The summed E-state index contributed by atoms with van der Waals surface area (Å²) in [4.78, 5) is 14.9. The van der Waals surface area contributed by atoms with Gasteiger partial charge in [0.1, 0.15) is 11.5 Å². The summed E-state index contributed by atoms with van der Waals surface area (Å²) in [5.74, 6) is 2.22. The van der Waals surface area contributed by atoms with Crippen molar-refractivity contribution >= 4 is 45.8 Å². The second kappa shape index (κ2) is 10.7. The summed E-state index contributed by atoms with van der Waals surface area (Å²) < 4.78 is 19.6. The summed E-state index contributed by atoms with van der Waals surface area (Å²) in [5.41, 5.74) is 5.26. The number of anilines is 1. The van der Waals surface area contributed by atoms with Gasteiger partial charge >= 0.3 is 5.97 Å². The highest BCUT2D eigenvalue weighted by molar-refractivity contribution is 6.39. The van der Waals surface area contributed by atoms with Crippen LogP contribution in [0.25, 0.3) is 22.2 Å². The average molecular weight is 595 g/mol. The van der Waals surface area contributed by atoms with Gasteiger partial charge in [0, 0.05) is 54.5 Å². The molecule has 3 atom stereocenters. The van der Waals surface area contributed by atoms with E-state index in [-0.39, 0.29) is 12.1 Å². The van der Waals surface area contributed by atoms with Gasteiger partial charge in [0.05, 0.1) is 40.4 Å². The number of esters is 1. The summed E-state index contributed by atoms with van der Waals surface area (Å²) in [6.45, 7) is 4.66. The van der Waals surface area contributed by atoms with Crippen LogP contribution in [0, 0.1) is 11.8 Å². The van der Waals surface area contributed by atoms with Crippen molar-refractivity contribution in [3.8, 4) is 11.3 Å². The summed E-state index contributed by atoms with van der Waals surface area (Å²) in [6, 6.07) is 11.9. The van der Waals surface area contributed by atoms with Crippen molar-refractivity contribution < 1.29 is 18.8 Å². The van der Waals surface area contributed by atoms with E-state index >= 15 is 0 Å². The molecular weight excluding hydrogens is 561 g/mol. The van der Waals surface area contributed by atoms with Crippen LogP contribution in [0.5, 0.6) is 0 Å². The molecule has 0 radical (unpaired) electrons. The number of ether oxygens (including phenoxy) is 2. The van der Waals surface area contributed by atoms with E-state index in [1.807, 2.05) is 42.9 Å². The van der Waals surface area contributed by atoms with E-state index in [9.17, 15) is 4.79 Å². The van der Waals surface area contributed by atoms with Crippen LogP contribution < -0.4 is 4.90 Å². The Morgan fingerprint density at radius 3 is 2.51 bits per heavy atom. The molecule has 0 amide bonds. The minimum atomic E-state index is -0.273. The molecule has 2 aromatic carbocycles. The zero-order valence-electron chi connectivity index (χ0n) is 23.2. The fourth-order valence-corrected chi connectivity index (χ4v) is 7.36. The van der Waals surface area contributed by atoms with Crippen molar-refractivity contribution in [2.75, 3.05) is 24.6 Å². The number of carbonyl (C=O) groups excluding carboxylic acids is 1. The van der Waals surface area contributed by atoms with E-state index in [1.165, 1.54) is 5.69 Å². The molecule has 3 heterocycles. The Kier molecular flexibility index (Phi) is 7.00. The molecule has 2 saturated carbocycles. The molecule has 7 nitrogen and oxygen atoms in total. The zero-order valence-corrected chi connectivity index (χ0v) is 24.8. The monoisotopic (exact) mass is 593 g/mol. The number of hydrogen-bond acceptors (Lipinski definition) is 6. The van der Waals surface area contributed by atoms with Gasteiger partial charge < -0.3 is 23.5 Å². The Morgan fingerprint density at radius 1 is 1.10 bits per heavy atom. The van der Waals surface area contributed by atoms with Crippen LogP contribution in [0.15, 0.2) is 47.1 Å². The molecule has 1 aliphatic heterocycles. The second-order valence-electron chi connectivity index (χ2n) is 11.7. The van der Waals surface area contributed by atoms with Crippen molar-refractivity contribution in [2.24, 2.45) is 18.9 Å². The number of nitrogens with zero attached hydrogens (tertiary/aromatic N) is 3. The quantitative estimate of drug-likeness (QED) is 0.196. The number of halogens is 2. The average Bonchev–Trinajstić information content (AvgIpc) is 3.25. The highest BCUT2D eigenvalue weighted by Gasteiger charge is 2.42. The van der Waals surface area contributed by atoms with Crippen molar-refractivity contribution in [2.45, 2.75) is 51.2 Å². The molecule has 0 spiro atoms. The minimum Gasteiger partial charge on any atom is -0.462 e. The first kappa shape index (κ1) is 26.9. The normalized spacial score (nSPS) is 22.0. The van der Waals surface area contributed by atoms with E-state index in [4.69, 9.17) is 37.2 Å². The zero-order chi connectivity index (χ0) is 28.2. The second-order valence-corrected chi connectivity index (χ2v) is 12.5. The molecule has 4 aromatic rings. The van der Waals surface area contributed by atoms with Gasteiger partial charge in [-0.1, -0.05) is 34.4 Å². The van der Waals surface area contributed by atoms with Crippen molar-refractivity contribution in [1.82, 2.24) is 9.72 Å². The van der Waals surface area contributed by atoms with Crippen LogP contribution in [-0.4, -0.2) is 41.5 Å². The lowest BCUT2D eigenvalue weighted by atomic mass is 10.0. The van der Waals surface area contributed by atoms with Crippen molar-refractivity contribution in [3.05, 3.63) is 69.5 Å². The third-order valence-corrected chi connectivity index (χ3v) is 9.60. The molecule has 0 unspecified atom stereocenters. The summed E-state index contributed by atoms with van der Waals surface area (Å²) in [5, 5.41) is 6.47. The Hall–Kier alpha value is -3.00. The first-order chi connectivity index (χ1) is 19.9. The number of aromatic nitrogens is 2. The molecule has 2 aromatic heterocycles. The van der Waals surface area contributed by atoms with E-state index in [2.05, 4.69) is 28.3 Å². The van der Waals surface area contributed by atoms with Gasteiger partial charge in [0.15, 0.2) is 0 Å². The van der Waals surface area contributed by atoms with E-state index in [0.29, 0.717) is 57.8 Å². The largest absolute Gasteiger partial charge is 0.462 e. The minimum absolute atomic E-state index is 0.200. The number of hydrogen-bond donors (Lipinski definition) is 0. The maximum Gasteiger partial charge on any atom is 0.340 e. The Balaban J connectivity index is 1.03. The lowest BCUT2D eigenvalue weighted by Gasteiger charge is -2.22. The van der Waals surface area contributed by atoms with Gasteiger partial charge in [-0.25, -0.2) is 4.79 Å². The molecule has 214 valence electrons.